The van der Waals surface area contributed by atoms with Crippen LogP contribution in [-0.4, -0.2) is 48.7 Å². The van der Waals surface area contributed by atoms with Crippen LogP contribution in [-0.2, 0) is 4.79 Å². The Morgan fingerprint density at radius 1 is 1.45 bits per heavy atom. The van der Waals surface area contributed by atoms with Gasteiger partial charge in [0, 0.05) is 24.5 Å². The van der Waals surface area contributed by atoms with Crippen LogP contribution in [0.15, 0.2) is 24.3 Å². The molecule has 1 amide bonds. The van der Waals surface area contributed by atoms with Crippen molar-refractivity contribution in [2.75, 3.05) is 37.4 Å². The zero-order valence-corrected chi connectivity index (χ0v) is 12.1. The van der Waals surface area contributed by atoms with E-state index in [0.717, 1.165) is 18.7 Å². The number of likely N-dealkylation sites (tertiary alicyclic amines) is 1. The van der Waals surface area contributed by atoms with Crippen LogP contribution in [0.25, 0.3) is 0 Å². The van der Waals surface area contributed by atoms with Gasteiger partial charge >= 0.3 is 0 Å². The summed E-state index contributed by atoms with van der Waals surface area (Å²) in [5.41, 5.74) is 7.16. The second-order valence-corrected chi connectivity index (χ2v) is 5.53. The molecule has 0 radical (unpaired) electrons. The molecule has 0 aliphatic carbocycles. The molecule has 2 rings (SSSR count). The van der Waals surface area contributed by atoms with Crippen molar-refractivity contribution in [2.24, 2.45) is 5.92 Å². The normalized spacial score (nSPS) is 22.9. The summed E-state index contributed by atoms with van der Waals surface area (Å²) < 4.78 is 0. The van der Waals surface area contributed by atoms with Crippen molar-refractivity contribution in [2.45, 2.75) is 19.4 Å². The van der Waals surface area contributed by atoms with Crippen LogP contribution in [0.1, 0.15) is 13.3 Å². The maximum Gasteiger partial charge on any atom is 0.240 e. The topological polar surface area (TPSA) is 69.8 Å². The van der Waals surface area contributed by atoms with Gasteiger partial charge in [0.15, 0.2) is 0 Å². The summed E-state index contributed by atoms with van der Waals surface area (Å²) in [6, 6.07) is 7.34. The summed E-state index contributed by atoms with van der Waals surface area (Å²) in [5.74, 6) is 0.469. The van der Waals surface area contributed by atoms with Crippen molar-refractivity contribution >= 4 is 17.3 Å². The number of aliphatic hydroxyl groups is 1. The Morgan fingerprint density at radius 3 is 2.70 bits per heavy atom. The van der Waals surface area contributed by atoms with Gasteiger partial charge < -0.3 is 15.7 Å². The number of anilines is 2. The largest absolute Gasteiger partial charge is 0.399 e. The minimum atomic E-state index is 0.0299. The van der Waals surface area contributed by atoms with Crippen LogP contribution in [0.5, 0.6) is 0 Å². The van der Waals surface area contributed by atoms with E-state index in [1.807, 2.05) is 12.1 Å². The number of benzene rings is 1. The lowest BCUT2D eigenvalue weighted by atomic mass is 10.0. The molecule has 0 saturated carbocycles. The van der Waals surface area contributed by atoms with Crippen molar-refractivity contribution < 1.29 is 9.90 Å². The average molecular weight is 277 g/mol. The summed E-state index contributed by atoms with van der Waals surface area (Å²) >= 11 is 0. The van der Waals surface area contributed by atoms with Crippen molar-refractivity contribution in [1.29, 1.82) is 0 Å². The number of hydrogen-bond donors (Lipinski definition) is 2. The number of likely N-dealkylation sites (N-methyl/N-ethyl adjacent to an activating group) is 1. The molecule has 1 aromatic rings. The summed E-state index contributed by atoms with van der Waals surface area (Å²) in [5, 5.41) is 9.43. The number of nitrogens with two attached hydrogens (primary N) is 1. The predicted molar refractivity (Wildman–Crippen MR) is 80.5 cm³/mol. The van der Waals surface area contributed by atoms with Crippen molar-refractivity contribution in [3.8, 4) is 0 Å². The van der Waals surface area contributed by atoms with Gasteiger partial charge in [-0.3, -0.25) is 9.69 Å². The van der Waals surface area contributed by atoms with Gasteiger partial charge in [0.2, 0.25) is 5.91 Å². The fraction of sp³-hybridized carbons (Fsp3) is 0.533. The lowest BCUT2D eigenvalue weighted by molar-refractivity contribution is -0.119. The Hall–Kier alpha value is -1.59. The molecule has 1 aliphatic rings. The fourth-order valence-corrected chi connectivity index (χ4v) is 2.70. The van der Waals surface area contributed by atoms with Gasteiger partial charge in [-0.05, 0) is 43.1 Å². The number of hydrogen-bond acceptors (Lipinski definition) is 4. The first kappa shape index (κ1) is 14.8. The first-order valence-corrected chi connectivity index (χ1v) is 7.00. The van der Waals surface area contributed by atoms with E-state index in [2.05, 4.69) is 11.8 Å². The Morgan fingerprint density at radius 2 is 2.10 bits per heavy atom. The third-order valence-corrected chi connectivity index (χ3v) is 4.18. The highest BCUT2D eigenvalue weighted by molar-refractivity contribution is 5.94. The Bertz CT molecular complexity index is 461. The zero-order valence-electron chi connectivity index (χ0n) is 12.1. The van der Waals surface area contributed by atoms with Crippen LogP contribution in [0.2, 0.25) is 0 Å². The third-order valence-electron chi connectivity index (χ3n) is 4.18. The SMILES string of the molecule is CC1CCN(CC(=O)N(C)c2ccc(N)cc2)C1CO. The van der Waals surface area contributed by atoms with Gasteiger partial charge in [-0.1, -0.05) is 6.92 Å². The summed E-state index contributed by atoms with van der Waals surface area (Å²) in [7, 11) is 1.77. The highest BCUT2D eigenvalue weighted by Gasteiger charge is 2.32. The predicted octanol–water partition coefficient (Wildman–Crippen LogP) is 0.934. The van der Waals surface area contributed by atoms with Gasteiger partial charge in [-0.25, -0.2) is 0 Å². The minimum Gasteiger partial charge on any atom is -0.399 e. The molecule has 0 bridgehead atoms. The molecule has 1 saturated heterocycles. The Balaban J connectivity index is 1.99. The van der Waals surface area contributed by atoms with E-state index in [1.165, 1.54) is 0 Å². The standard InChI is InChI=1S/C15H23N3O2/c1-11-7-8-18(14(11)10-19)9-15(20)17(2)13-5-3-12(16)4-6-13/h3-6,11,14,19H,7-10,16H2,1-2H3. The molecule has 5 nitrogen and oxygen atoms in total. The summed E-state index contributed by atoms with van der Waals surface area (Å²) in [6.45, 7) is 3.44. The Kier molecular flexibility index (Phi) is 4.62. The van der Waals surface area contributed by atoms with E-state index in [4.69, 9.17) is 5.73 Å². The van der Waals surface area contributed by atoms with Crippen LogP contribution in [0, 0.1) is 5.92 Å². The van der Waals surface area contributed by atoms with E-state index in [0.29, 0.717) is 18.2 Å². The molecule has 1 fully saturated rings. The highest BCUT2D eigenvalue weighted by Crippen LogP contribution is 2.23. The third kappa shape index (κ3) is 3.11. The quantitative estimate of drug-likeness (QED) is 0.803. The molecule has 1 aromatic carbocycles. The van der Waals surface area contributed by atoms with Crippen molar-refractivity contribution in [1.82, 2.24) is 4.90 Å². The highest BCUT2D eigenvalue weighted by atomic mass is 16.3. The average Bonchev–Trinajstić information content (AvgIpc) is 2.79. The number of amides is 1. The lowest BCUT2D eigenvalue weighted by Crippen LogP contribution is -2.43. The smallest absolute Gasteiger partial charge is 0.240 e. The fourth-order valence-electron chi connectivity index (χ4n) is 2.70. The second-order valence-electron chi connectivity index (χ2n) is 5.53. The van der Waals surface area contributed by atoms with Crippen molar-refractivity contribution in [3.63, 3.8) is 0 Å². The first-order chi connectivity index (χ1) is 9.52. The van der Waals surface area contributed by atoms with Gasteiger partial charge in [-0.2, -0.15) is 0 Å². The molecular formula is C15H23N3O2. The van der Waals surface area contributed by atoms with Crippen LogP contribution >= 0.6 is 0 Å². The maximum atomic E-state index is 12.3. The number of aliphatic hydroxyl groups excluding tert-OH is 1. The van der Waals surface area contributed by atoms with Gasteiger partial charge in [0.25, 0.3) is 0 Å². The van der Waals surface area contributed by atoms with Crippen LogP contribution in [0.4, 0.5) is 11.4 Å². The molecule has 2 atom stereocenters. The molecule has 110 valence electrons. The monoisotopic (exact) mass is 277 g/mol. The number of carbonyl (C=O) groups excluding carboxylic acids is 1. The van der Waals surface area contributed by atoms with Crippen LogP contribution < -0.4 is 10.6 Å². The number of nitrogens with zero attached hydrogens (tertiary/aromatic N) is 2. The Labute approximate surface area is 120 Å². The first-order valence-electron chi connectivity index (χ1n) is 7.00. The molecular weight excluding hydrogens is 254 g/mol. The zero-order chi connectivity index (χ0) is 14.7. The van der Waals surface area contributed by atoms with Gasteiger partial charge in [-0.15, -0.1) is 0 Å². The molecule has 3 N–H and O–H groups in total. The molecule has 2 unspecified atom stereocenters. The maximum absolute atomic E-state index is 12.3. The van der Waals surface area contributed by atoms with E-state index in [1.54, 1.807) is 24.1 Å². The number of carbonyl (C=O) groups is 1. The molecule has 0 spiro atoms. The van der Waals surface area contributed by atoms with E-state index >= 15 is 0 Å². The molecule has 5 heteroatoms. The number of nitrogen functional groups attached to an aromatic ring is 1. The summed E-state index contributed by atoms with van der Waals surface area (Å²) in [4.78, 5) is 16.0. The number of rotatable bonds is 4. The molecule has 0 aromatic heterocycles. The van der Waals surface area contributed by atoms with Gasteiger partial charge in [0.05, 0.1) is 13.2 Å². The summed E-state index contributed by atoms with van der Waals surface area (Å²) in [6.07, 6.45) is 1.03. The molecule has 1 heterocycles. The van der Waals surface area contributed by atoms with E-state index in [9.17, 15) is 9.90 Å². The van der Waals surface area contributed by atoms with Gasteiger partial charge in [0.1, 0.15) is 0 Å². The second kappa shape index (κ2) is 6.24. The van der Waals surface area contributed by atoms with Crippen LogP contribution in [0.3, 0.4) is 0 Å². The molecule has 1 aliphatic heterocycles. The minimum absolute atomic E-state index is 0.0299. The van der Waals surface area contributed by atoms with E-state index in [-0.39, 0.29) is 18.6 Å². The lowest BCUT2D eigenvalue weighted by Gasteiger charge is -2.27. The van der Waals surface area contributed by atoms with E-state index < -0.39 is 0 Å². The molecule has 20 heavy (non-hydrogen) atoms. The van der Waals surface area contributed by atoms with Crippen molar-refractivity contribution in [3.05, 3.63) is 24.3 Å².